The van der Waals surface area contributed by atoms with Gasteiger partial charge in [0, 0.05) is 30.3 Å². The number of unbranched alkanes of at least 4 members (excludes halogenated alkanes) is 1. The van der Waals surface area contributed by atoms with Gasteiger partial charge in [-0.2, -0.15) is 0 Å². The Morgan fingerprint density at radius 3 is 2.62 bits per heavy atom. The highest BCUT2D eigenvalue weighted by atomic mass is 16.5. The summed E-state index contributed by atoms with van der Waals surface area (Å²) in [5.41, 5.74) is 1.30. The maximum absolute atomic E-state index is 13.2. The fraction of sp³-hybridized carbons (Fsp3) is 0.423. The van der Waals surface area contributed by atoms with Crippen LogP contribution in [0.25, 0.3) is 0 Å². The van der Waals surface area contributed by atoms with E-state index in [2.05, 4.69) is 12.2 Å². The number of anilines is 1. The highest BCUT2D eigenvalue weighted by Gasteiger charge is 2.42. The standard InChI is InChI=1S/C26H32N2O6/c1-4-5-15-28-24(30)14-13-21(25(28)20-11-6-7-12-22(20)33-3)26(31)34-17-23(29)27-18-9-8-10-19(16-18)32-2/h6-12,16,21,25H,4-5,13-15,17H2,1-3H3,(H,27,29). The molecule has 0 aliphatic carbocycles. The van der Waals surface area contributed by atoms with E-state index >= 15 is 0 Å². The molecule has 2 amide bonds. The number of piperidine rings is 1. The minimum absolute atomic E-state index is 0.00386. The number of carbonyl (C=O) groups is 3. The number of benzene rings is 2. The van der Waals surface area contributed by atoms with E-state index in [0.717, 1.165) is 18.4 Å². The van der Waals surface area contributed by atoms with E-state index in [0.29, 0.717) is 30.2 Å². The molecule has 1 aliphatic rings. The van der Waals surface area contributed by atoms with Gasteiger partial charge in [0.15, 0.2) is 6.61 Å². The molecule has 0 bridgehead atoms. The molecule has 2 aromatic rings. The zero-order valence-corrected chi connectivity index (χ0v) is 19.9. The Kier molecular flexibility index (Phi) is 8.90. The molecule has 2 aromatic carbocycles. The number of ether oxygens (including phenoxy) is 3. The van der Waals surface area contributed by atoms with Crippen molar-refractivity contribution >= 4 is 23.5 Å². The van der Waals surface area contributed by atoms with Crippen LogP contribution in [0.15, 0.2) is 48.5 Å². The Labute approximate surface area is 200 Å². The van der Waals surface area contributed by atoms with Gasteiger partial charge in [-0.1, -0.05) is 37.6 Å². The molecule has 1 fully saturated rings. The lowest BCUT2D eigenvalue weighted by molar-refractivity contribution is -0.159. The zero-order chi connectivity index (χ0) is 24.5. The molecule has 2 unspecified atom stereocenters. The summed E-state index contributed by atoms with van der Waals surface area (Å²) in [4.78, 5) is 40.1. The summed E-state index contributed by atoms with van der Waals surface area (Å²) in [5.74, 6) is -0.346. The summed E-state index contributed by atoms with van der Waals surface area (Å²) in [6.07, 6.45) is 2.34. The van der Waals surface area contributed by atoms with E-state index in [1.807, 2.05) is 24.3 Å². The minimum atomic E-state index is -0.601. The lowest BCUT2D eigenvalue weighted by atomic mass is 9.83. The number of likely N-dealkylation sites (tertiary alicyclic amines) is 1. The van der Waals surface area contributed by atoms with E-state index in [1.165, 1.54) is 0 Å². The monoisotopic (exact) mass is 468 g/mol. The Hall–Kier alpha value is -3.55. The normalized spacial score (nSPS) is 17.7. The van der Waals surface area contributed by atoms with Crippen LogP contribution in [-0.4, -0.2) is 50.1 Å². The summed E-state index contributed by atoms with van der Waals surface area (Å²) < 4.78 is 16.1. The quantitative estimate of drug-likeness (QED) is 0.531. The number of hydrogen-bond acceptors (Lipinski definition) is 6. The molecule has 182 valence electrons. The highest BCUT2D eigenvalue weighted by molar-refractivity contribution is 5.93. The molecule has 1 aliphatic heterocycles. The maximum atomic E-state index is 13.2. The number of nitrogens with one attached hydrogen (secondary N) is 1. The Morgan fingerprint density at radius 2 is 1.88 bits per heavy atom. The average molecular weight is 469 g/mol. The number of hydrogen-bond donors (Lipinski definition) is 1. The van der Waals surface area contributed by atoms with Crippen molar-refractivity contribution in [1.29, 1.82) is 0 Å². The summed E-state index contributed by atoms with van der Waals surface area (Å²) in [7, 11) is 3.11. The van der Waals surface area contributed by atoms with Crippen LogP contribution < -0.4 is 14.8 Å². The molecule has 2 atom stereocenters. The molecule has 0 spiro atoms. The first-order valence-corrected chi connectivity index (χ1v) is 11.5. The number of methoxy groups -OCH3 is 2. The van der Waals surface area contributed by atoms with Crippen LogP contribution >= 0.6 is 0 Å². The van der Waals surface area contributed by atoms with Gasteiger partial charge < -0.3 is 24.4 Å². The van der Waals surface area contributed by atoms with Gasteiger partial charge in [-0.25, -0.2) is 0 Å². The second-order valence-corrected chi connectivity index (χ2v) is 8.16. The van der Waals surface area contributed by atoms with Crippen molar-refractivity contribution < 1.29 is 28.6 Å². The van der Waals surface area contributed by atoms with Crippen molar-refractivity contribution in [3.63, 3.8) is 0 Å². The van der Waals surface area contributed by atoms with Crippen LogP contribution in [0.4, 0.5) is 5.69 Å². The van der Waals surface area contributed by atoms with Crippen molar-refractivity contribution in [2.45, 2.75) is 38.6 Å². The molecule has 1 saturated heterocycles. The first-order valence-electron chi connectivity index (χ1n) is 11.5. The topological polar surface area (TPSA) is 94.2 Å². The van der Waals surface area contributed by atoms with E-state index in [1.54, 1.807) is 43.4 Å². The van der Waals surface area contributed by atoms with Crippen LogP contribution in [-0.2, 0) is 19.1 Å². The number of amides is 2. The molecule has 0 aromatic heterocycles. The molecule has 8 nitrogen and oxygen atoms in total. The molecule has 0 saturated carbocycles. The average Bonchev–Trinajstić information content (AvgIpc) is 2.86. The van der Waals surface area contributed by atoms with Gasteiger partial charge in [-0.05, 0) is 31.0 Å². The Morgan fingerprint density at radius 1 is 1.09 bits per heavy atom. The third kappa shape index (κ3) is 6.07. The zero-order valence-electron chi connectivity index (χ0n) is 19.9. The van der Waals surface area contributed by atoms with Gasteiger partial charge in [0.25, 0.3) is 5.91 Å². The smallest absolute Gasteiger partial charge is 0.311 e. The molecular formula is C26H32N2O6. The fourth-order valence-electron chi connectivity index (χ4n) is 4.23. The predicted octanol–water partition coefficient (Wildman–Crippen LogP) is 3.97. The summed E-state index contributed by atoms with van der Waals surface area (Å²) in [6, 6.07) is 13.8. The number of para-hydroxylation sites is 1. The number of rotatable bonds is 10. The van der Waals surface area contributed by atoms with Crippen LogP contribution in [0.2, 0.25) is 0 Å². The van der Waals surface area contributed by atoms with Crippen molar-refractivity contribution in [3.05, 3.63) is 54.1 Å². The second kappa shape index (κ2) is 12.1. The summed E-state index contributed by atoms with van der Waals surface area (Å²) >= 11 is 0. The van der Waals surface area contributed by atoms with Crippen LogP contribution in [0.3, 0.4) is 0 Å². The minimum Gasteiger partial charge on any atom is -0.497 e. The van der Waals surface area contributed by atoms with Crippen molar-refractivity contribution in [2.24, 2.45) is 5.92 Å². The Balaban J connectivity index is 1.75. The van der Waals surface area contributed by atoms with Crippen molar-refractivity contribution in [3.8, 4) is 11.5 Å². The maximum Gasteiger partial charge on any atom is 0.311 e. The largest absolute Gasteiger partial charge is 0.497 e. The molecule has 1 N–H and O–H groups in total. The molecule has 0 radical (unpaired) electrons. The first-order chi connectivity index (χ1) is 16.5. The highest BCUT2D eigenvalue weighted by Crippen LogP contribution is 2.41. The second-order valence-electron chi connectivity index (χ2n) is 8.16. The van der Waals surface area contributed by atoms with Crippen LogP contribution in [0.5, 0.6) is 11.5 Å². The lowest BCUT2D eigenvalue weighted by Gasteiger charge is -2.40. The molecule has 8 heteroatoms. The Bertz CT molecular complexity index is 1010. The SMILES string of the molecule is CCCCN1C(=O)CCC(C(=O)OCC(=O)Nc2cccc(OC)c2)C1c1ccccc1OC. The fourth-order valence-corrected chi connectivity index (χ4v) is 4.23. The van der Waals surface area contributed by atoms with Gasteiger partial charge in [0.2, 0.25) is 5.91 Å². The summed E-state index contributed by atoms with van der Waals surface area (Å²) in [6.45, 7) is 2.17. The van der Waals surface area contributed by atoms with E-state index < -0.39 is 30.4 Å². The molecular weight excluding hydrogens is 436 g/mol. The van der Waals surface area contributed by atoms with E-state index in [9.17, 15) is 14.4 Å². The van der Waals surface area contributed by atoms with E-state index in [-0.39, 0.29) is 12.3 Å². The number of carbonyl (C=O) groups excluding carboxylic acids is 3. The first kappa shape index (κ1) is 25.1. The van der Waals surface area contributed by atoms with Crippen LogP contribution in [0, 0.1) is 5.92 Å². The third-order valence-electron chi connectivity index (χ3n) is 5.92. The number of esters is 1. The van der Waals surface area contributed by atoms with Gasteiger partial charge in [0.05, 0.1) is 26.2 Å². The van der Waals surface area contributed by atoms with Crippen molar-refractivity contribution in [1.82, 2.24) is 4.90 Å². The van der Waals surface area contributed by atoms with E-state index in [4.69, 9.17) is 14.2 Å². The number of nitrogens with zero attached hydrogens (tertiary/aromatic N) is 1. The van der Waals surface area contributed by atoms with Gasteiger partial charge in [0.1, 0.15) is 11.5 Å². The lowest BCUT2D eigenvalue weighted by Crippen LogP contribution is -2.46. The van der Waals surface area contributed by atoms with Gasteiger partial charge in [-0.15, -0.1) is 0 Å². The molecule has 34 heavy (non-hydrogen) atoms. The molecule has 1 heterocycles. The van der Waals surface area contributed by atoms with Gasteiger partial charge in [-0.3, -0.25) is 14.4 Å². The van der Waals surface area contributed by atoms with Crippen LogP contribution in [0.1, 0.15) is 44.2 Å². The predicted molar refractivity (Wildman–Crippen MR) is 128 cm³/mol. The molecule has 3 rings (SSSR count). The summed E-state index contributed by atoms with van der Waals surface area (Å²) in [5, 5.41) is 2.70. The van der Waals surface area contributed by atoms with Crippen molar-refractivity contribution in [2.75, 3.05) is 32.7 Å². The third-order valence-corrected chi connectivity index (χ3v) is 5.92. The van der Waals surface area contributed by atoms with Gasteiger partial charge >= 0.3 is 5.97 Å².